The number of hydrogen-bond donors (Lipinski definition) is 1. The van der Waals surface area contributed by atoms with Crippen molar-refractivity contribution < 1.29 is 17.9 Å². The minimum Gasteiger partial charge on any atom is -0.495 e. The van der Waals surface area contributed by atoms with Crippen molar-refractivity contribution in [2.45, 2.75) is 57.1 Å². The summed E-state index contributed by atoms with van der Waals surface area (Å²) in [6.07, 6.45) is 4.23. The number of aryl methyl sites for hydroxylation is 2. The topological polar surface area (TPSA) is 64.6 Å². The molecule has 0 saturated carbocycles. The molecule has 146 valence electrons. The summed E-state index contributed by atoms with van der Waals surface area (Å²) < 4.78 is 39.4. The van der Waals surface area contributed by atoms with Gasteiger partial charge in [-0.2, -0.15) is 0 Å². The highest BCUT2D eigenvalue weighted by Gasteiger charge is 2.23. The van der Waals surface area contributed by atoms with Crippen molar-refractivity contribution in [3.05, 3.63) is 53.1 Å². The molecule has 0 fully saturated rings. The van der Waals surface area contributed by atoms with Crippen molar-refractivity contribution in [3.8, 4) is 11.5 Å². The number of benzene rings is 2. The van der Waals surface area contributed by atoms with Crippen LogP contribution in [0.1, 0.15) is 43.4 Å². The zero-order valence-electron chi connectivity index (χ0n) is 16.1. The SMILES string of the molecule is COc1cc2c(cc1S(=O)(=O)NCc1ccc(OC(C)C)cc1)CCCC2. The lowest BCUT2D eigenvalue weighted by molar-refractivity contribution is 0.242. The minimum absolute atomic E-state index is 0.103. The molecule has 2 aromatic rings. The number of fused-ring (bicyclic) bond motifs is 1. The number of rotatable bonds is 7. The van der Waals surface area contributed by atoms with E-state index in [9.17, 15) is 8.42 Å². The van der Waals surface area contributed by atoms with Crippen LogP contribution in [0.5, 0.6) is 11.5 Å². The number of hydrogen-bond acceptors (Lipinski definition) is 4. The Morgan fingerprint density at radius 3 is 2.26 bits per heavy atom. The van der Waals surface area contributed by atoms with Gasteiger partial charge in [-0.25, -0.2) is 13.1 Å². The number of sulfonamides is 1. The fourth-order valence-electron chi connectivity index (χ4n) is 3.32. The van der Waals surface area contributed by atoms with Gasteiger partial charge in [0.2, 0.25) is 10.0 Å². The molecule has 0 spiro atoms. The first-order valence-corrected chi connectivity index (χ1v) is 10.8. The van der Waals surface area contributed by atoms with E-state index in [0.29, 0.717) is 5.75 Å². The molecule has 0 unspecified atom stereocenters. The molecule has 1 aliphatic rings. The van der Waals surface area contributed by atoms with Crippen molar-refractivity contribution in [2.24, 2.45) is 0 Å². The molecular weight excluding hydrogens is 362 g/mol. The first kappa shape index (κ1) is 19.7. The van der Waals surface area contributed by atoms with E-state index in [-0.39, 0.29) is 17.5 Å². The fraction of sp³-hybridized carbons (Fsp3) is 0.429. The second kappa shape index (κ2) is 8.31. The molecule has 1 aliphatic carbocycles. The summed E-state index contributed by atoms with van der Waals surface area (Å²) in [7, 11) is -2.16. The predicted molar refractivity (Wildman–Crippen MR) is 106 cm³/mol. The molecule has 2 aromatic carbocycles. The summed E-state index contributed by atoms with van der Waals surface area (Å²) in [6.45, 7) is 4.15. The smallest absolute Gasteiger partial charge is 0.244 e. The molecule has 0 radical (unpaired) electrons. The second-order valence-corrected chi connectivity index (χ2v) is 8.85. The van der Waals surface area contributed by atoms with E-state index in [1.54, 1.807) is 6.07 Å². The van der Waals surface area contributed by atoms with Crippen LogP contribution in [-0.2, 0) is 29.4 Å². The van der Waals surface area contributed by atoms with Gasteiger partial charge < -0.3 is 9.47 Å². The lowest BCUT2D eigenvalue weighted by atomic mass is 9.92. The quantitative estimate of drug-likeness (QED) is 0.781. The van der Waals surface area contributed by atoms with Gasteiger partial charge in [0, 0.05) is 6.54 Å². The summed E-state index contributed by atoms with van der Waals surface area (Å²) in [5.41, 5.74) is 3.17. The van der Waals surface area contributed by atoms with E-state index >= 15 is 0 Å². The van der Waals surface area contributed by atoms with Crippen molar-refractivity contribution in [1.29, 1.82) is 0 Å². The molecular formula is C21H27NO4S. The average Bonchev–Trinajstić information content (AvgIpc) is 2.66. The van der Waals surface area contributed by atoms with Gasteiger partial charge in [0.1, 0.15) is 16.4 Å². The normalized spacial score (nSPS) is 14.1. The average molecular weight is 390 g/mol. The first-order valence-electron chi connectivity index (χ1n) is 9.34. The molecule has 0 amide bonds. The van der Waals surface area contributed by atoms with Gasteiger partial charge in [0.05, 0.1) is 13.2 Å². The summed E-state index contributed by atoms with van der Waals surface area (Å²) in [5, 5.41) is 0. The highest BCUT2D eigenvalue weighted by atomic mass is 32.2. The predicted octanol–water partition coefficient (Wildman–Crippen LogP) is 3.84. The molecule has 5 nitrogen and oxygen atoms in total. The van der Waals surface area contributed by atoms with Crippen LogP contribution in [0.15, 0.2) is 41.3 Å². The molecule has 1 N–H and O–H groups in total. The maximum atomic E-state index is 12.9. The van der Waals surface area contributed by atoms with Crippen LogP contribution < -0.4 is 14.2 Å². The lowest BCUT2D eigenvalue weighted by Crippen LogP contribution is -2.24. The van der Waals surface area contributed by atoms with Crippen LogP contribution in [0.3, 0.4) is 0 Å². The van der Waals surface area contributed by atoms with E-state index in [2.05, 4.69) is 4.72 Å². The van der Waals surface area contributed by atoms with Crippen LogP contribution in [0, 0.1) is 0 Å². The van der Waals surface area contributed by atoms with E-state index in [1.165, 1.54) is 12.7 Å². The van der Waals surface area contributed by atoms with Gasteiger partial charge >= 0.3 is 0 Å². The van der Waals surface area contributed by atoms with Crippen molar-refractivity contribution in [1.82, 2.24) is 4.72 Å². The number of methoxy groups -OCH3 is 1. The van der Waals surface area contributed by atoms with Crippen molar-refractivity contribution >= 4 is 10.0 Å². The minimum atomic E-state index is -3.67. The Bertz CT molecular complexity index is 889. The lowest BCUT2D eigenvalue weighted by Gasteiger charge is -2.19. The second-order valence-electron chi connectivity index (χ2n) is 7.11. The third-order valence-electron chi connectivity index (χ3n) is 4.68. The van der Waals surface area contributed by atoms with Crippen LogP contribution in [0.2, 0.25) is 0 Å². The molecule has 0 bridgehead atoms. The molecule has 0 saturated heterocycles. The van der Waals surface area contributed by atoms with Crippen LogP contribution in [0.25, 0.3) is 0 Å². The molecule has 0 aliphatic heterocycles. The van der Waals surface area contributed by atoms with Gasteiger partial charge in [0.15, 0.2) is 0 Å². The molecule has 0 heterocycles. The van der Waals surface area contributed by atoms with Gasteiger partial charge in [-0.1, -0.05) is 12.1 Å². The third-order valence-corrected chi connectivity index (χ3v) is 6.10. The zero-order valence-corrected chi connectivity index (χ0v) is 16.9. The summed E-state index contributed by atoms with van der Waals surface area (Å²) in [4.78, 5) is 0.213. The Labute approximate surface area is 161 Å². The van der Waals surface area contributed by atoms with Crippen molar-refractivity contribution in [3.63, 3.8) is 0 Å². The standard InChI is InChI=1S/C21H27NO4S/c1-15(2)26-19-10-8-16(9-11-19)14-22-27(23,24)21-13-18-7-5-4-6-17(18)12-20(21)25-3/h8-13,15,22H,4-7,14H2,1-3H3. The largest absolute Gasteiger partial charge is 0.495 e. The summed E-state index contributed by atoms with van der Waals surface area (Å²) in [6, 6.07) is 11.1. The van der Waals surface area contributed by atoms with Crippen LogP contribution in [-0.4, -0.2) is 21.6 Å². The molecule has 0 atom stereocenters. The fourth-order valence-corrected chi connectivity index (χ4v) is 4.54. The first-order chi connectivity index (χ1) is 12.9. The Morgan fingerprint density at radius 2 is 1.67 bits per heavy atom. The Morgan fingerprint density at radius 1 is 1.04 bits per heavy atom. The van der Waals surface area contributed by atoms with Gasteiger partial charge in [-0.3, -0.25) is 0 Å². The van der Waals surface area contributed by atoms with Crippen LogP contribution in [0.4, 0.5) is 0 Å². The Kier molecular flexibility index (Phi) is 6.07. The monoisotopic (exact) mass is 389 g/mol. The highest BCUT2D eigenvalue weighted by molar-refractivity contribution is 7.89. The molecule has 0 aromatic heterocycles. The maximum Gasteiger partial charge on any atom is 0.244 e. The van der Waals surface area contributed by atoms with Gasteiger partial charge in [-0.05, 0) is 80.5 Å². The highest BCUT2D eigenvalue weighted by Crippen LogP contribution is 2.32. The van der Waals surface area contributed by atoms with Gasteiger partial charge in [0.25, 0.3) is 0 Å². The van der Waals surface area contributed by atoms with E-state index in [0.717, 1.165) is 42.6 Å². The molecule has 27 heavy (non-hydrogen) atoms. The summed E-state index contributed by atoms with van der Waals surface area (Å²) >= 11 is 0. The van der Waals surface area contributed by atoms with E-state index < -0.39 is 10.0 Å². The molecule has 6 heteroatoms. The van der Waals surface area contributed by atoms with Crippen LogP contribution >= 0.6 is 0 Å². The van der Waals surface area contributed by atoms with Gasteiger partial charge in [-0.15, -0.1) is 0 Å². The summed E-state index contributed by atoms with van der Waals surface area (Å²) in [5.74, 6) is 1.18. The molecule has 3 rings (SSSR count). The number of nitrogens with one attached hydrogen (secondary N) is 1. The Balaban J connectivity index is 1.76. The Hall–Kier alpha value is -2.05. The third kappa shape index (κ3) is 4.82. The number of ether oxygens (including phenoxy) is 2. The van der Waals surface area contributed by atoms with Crippen molar-refractivity contribution in [2.75, 3.05) is 7.11 Å². The van der Waals surface area contributed by atoms with E-state index in [1.807, 2.05) is 44.2 Å². The van der Waals surface area contributed by atoms with E-state index in [4.69, 9.17) is 9.47 Å². The maximum absolute atomic E-state index is 12.9. The zero-order chi connectivity index (χ0) is 19.4.